The molecule has 0 aliphatic carbocycles. The third-order valence-corrected chi connectivity index (χ3v) is 3.67. The lowest BCUT2D eigenvalue weighted by Crippen LogP contribution is -2.39. The van der Waals surface area contributed by atoms with Gasteiger partial charge in [-0.3, -0.25) is 4.55 Å². The minimum atomic E-state index is -4.09. The maximum atomic E-state index is 10.8. The van der Waals surface area contributed by atoms with Crippen molar-refractivity contribution < 1.29 is 43.0 Å². The van der Waals surface area contributed by atoms with Crippen LogP contribution in [0.25, 0.3) is 10.8 Å². The van der Waals surface area contributed by atoms with Crippen LogP contribution in [0.5, 0.6) is 0 Å². The summed E-state index contributed by atoms with van der Waals surface area (Å²) >= 11 is 0. The number of benzene rings is 2. The third kappa shape index (κ3) is 5.28. The highest BCUT2D eigenvalue weighted by Crippen LogP contribution is 2.18. The maximum absolute atomic E-state index is 10.8. The van der Waals surface area contributed by atoms with Gasteiger partial charge in [0, 0.05) is 0 Å². The molecule has 0 aliphatic rings. The molecule has 2 atom stereocenters. The van der Waals surface area contributed by atoms with Gasteiger partial charge in [0.05, 0.1) is 4.90 Å². The molecule has 0 spiro atoms. The van der Waals surface area contributed by atoms with E-state index in [1.807, 2.05) is 18.2 Å². The first-order valence-electron chi connectivity index (χ1n) is 6.32. The van der Waals surface area contributed by atoms with Crippen LogP contribution in [0.3, 0.4) is 0 Å². The van der Waals surface area contributed by atoms with Crippen molar-refractivity contribution in [2.45, 2.75) is 17.1 Å². The summed E-state index contributed by atoms with van der Waals surface area (Å²) in [7, 11) is -4.09. The number of aliphatic hydroxyl groups excluding tert-OH is 2. The fraction of sp³-hybridized carbons (Fsp3) is 0.143. The van der Waals surface area contributed by atoms with Crippen LogP contribution in [0, 0.1) is 0 Å². The summed E-state index contributed by atoms with van der Waals surface area (Å²) in [4.78, 5) is 19.5. The molecule has 0 aliphatic heterocycles. The molecule has 0 fully saturated rings. The topological polar surface area (TPSA) is 169 Å². The van der Waals surface area contributed by atoms with Crippen molar-refractivity contribution in [1.82, 2.24) is 0 Å². The van der Waals surface area contributed by atoms with Gasteiger partial charge in [-0.15, -0.1) is 0 Å². The van der Waals surface area contributed by atoms with Crippen molar-refractivity contribution in [3.8, 4) is 0 Å². The average Bonchev–Trinajstić information content (AvgIpc) is 2.52. The number of carbonyl (C=O) groups is 2. The van der Waals surface area contributed by atoms with Gasteiger partial charge in [-0.2, -0.15) is 8.42 Å². The molecule has 10 heteroatoms. The summed E-state index contributed by atoms with van der Waals surface area (Å²) in [5.41, 5.74) is 0. The Morgan fingerprint density at radius 3 is 1.71 bits per heavy atom. The number of hydrogen-bond acceptors (Lipinski definition) is 6. The highest BCUT2D eigenvalue weighted by Gasteiger charge is 2.29. The zero-order valence-electron chi connectivity index (χ0n) is 12.0. The third-order valence-electron chi connectivity index (χ3n) is 2.82. The van der Waals surface area contributed by atoms with Gasteiger partial charge < -0.3 is 20.4 Å². The molecule has 0 saturated heterocycles. The van der Waals surface area contributed by atoms with Crippen LogP contribution in [0.15, 0.2) is 47.4 Å². The van der Waals surface area contributed by atoms with Crippen molar-refractivity contribution >= 4 is 32.8 Å². The van der Waals surface area contributed by atoms with Gasteiger partial charge in [0.2, 0.25) is 0 Å². The van der Waals surface area contributed by atoms with E-state index in [1.165, 1.54) is 12.1 Å². The molecule has 2 unspecified atom stereocenters. The second-order valence-corrected chi connectivity index (χ2v) is 5.97. The standard InChI is InChI=1S/C10H8O3S.C4H6O6/c11-14(12,13)10-6-5-8-3-1-2-4-9(8)7-10;5-1(3(7)8)2(6)4(9)10/h1-7H,(H,11,12,13);1-2,5-6H,(H,7,8)(H,9,10). The van der Waals surface area contributed by atoms with E-state index in [4.69, 9.17) is 25.0 Å². The number of fused-ring (bicyclic) bond motifs is 1. The van der Waals surface area contributed by atoms with Crippen molar-refractivity contribution in [3.05, 3.63) is 42.5 Å². The Kier molecular flexibility index (Phi) is 6.37. The van der Waals surface area contributed by atoms with Crippen LogP contribution in [-0.2, 0) is 19.7 Å². The number of carboxylic acid groups (broad SMARTS) is 2. The Morgan fingerprint density at radius 2 is 1.29 bits per heavy atom. The van der Waals surface area contributed by atoms with E-state index in [-0.39, 0.29) is 4.90 Å². The van der Waals surface area contributed by atoms with Crippen LogP contribution in [-0.4, -0.2) is 57.5 Å². The Labute approximate surface area is 136 Å². The fourth-order valence-electron chi connectivity index (χ4n) is 1.60. The predicted octanol–water partition coefficient (Wildman–Crippen LogP) is -0.0361. The molecule has 2 rings (SSSR count). The van der Waals surface area contributed by atoms with Crippen LogP contribution in [0.2, 0.25) is 0 Å². The van der Waals surface area contributed by atoms with Gasteiger partial charge in [-0.1, -0.05) is 30.3 Å². The number of aliphatic hydroxyl groups is 2. The minimum absolute atomic E-state index is 0.0730. The van der Waals surface area contributed by atoms with Gasteiger partial charge >= 0.3 is 11.9 Å². The molecular formula is C14H14O9S. The van der Waals surface area contributed by atoms with E-state index in [1.54, 1.807) is 12.1 Å². The van der Waals surface area contributed by atoms with E-state index < -0.39 is 34.3 Å². The molecule has 130 valence electrons. The Bertz CT molecular complexity index is 826. The summed E-state index contributed by atoms with van der Waals surface area (Å²) in [6, 6.07) is 11.9. The lowest BCUT2D eigenvalue weighted by molar-refractivity contribution is -0.165. The average molecular weight is 358 g/mol. The van der Waals surface area contributed by atoms with E-state index in [9.17, 15) is 18.0 Å². The van der Waals surface area contributed by atoms with Crippen LogP contribution in [0.4, 0.5) is 0 Å². The summed E-state index contributed by atoms with van der Waals surface area (Å²) < 4.78 is 30.5. The molecule has 9 nitrogen and oxygen atoms in total. The SMILES string of the molecule is O=C(O)C(O)C(O)C(=O)O.O=S(=O)(O)c1ccc2ccccc2c1. The number of carboxylic acids is 2. The van der Waals surface area contributed by atoms with Gasteiger partial charge in [0.15, 0.2) is 12.2 Å². The number of rotatable bonds is 4. The van der Waals surface area contributed by atoms with Crippen molar-refractivity contribution in [2.24, 2.45) is 0 Å². The van der Waals surface area contributed by atoms with Gasteiger partial charge in [0.25, 0.3) is 10.1 Å². The van der Waals surface area contributed by atoms with E-state index in [2.05, 4.69) is 0 Å². The maximum Gasteiger partial charge on any atom is 0.335 e. The molecule has 24 heavy (non-hydrogen) atoms. The predicted molar refractivity (Wildman–Crippen MR) is 81.0 cm³/mol. The molecule has 0 radical (unpaired) electrons. The van der Waals surface area contributed by atoms with Gasteiger partial charge in [-0.25, -0.2) is 9.59 Å². The summed E-state index contributed by atoms with van der Waals surface area (Å²) in [6.45, 7) is 0. The molecular weight excluding hydrogens is 344 g/mol. The normalized spacial score (nSPS) is 13.5. The Balaban J connectivity index is 0.000000257. The molecule has 0 heterocycles. The monoisotopic (exact) mass is 358 g/mol. The molecule has 0 saturated carbocycles. The minimum Gasteiger partial charge on any atom is -0.479 e. The Morgan fingerprint density at radius 1 is 0.833 bits per heavy atom. The first kappa shape index (κ1) is 19.5. The van der Waals surface area contributed by atoms with Gasteiger partial charge in [0.1, 0.15) is 0 Å². The lowest BCUT2D eigenvalue weighted by atomic mass is 10.1. The second kappa shape index (κ2) is 7.84. The zero-order chi connectivity index (χ0) is 18.5. The fourth-order valence-corrected chi connectivity index (χ4v) is 2.11. The number of aliphatic carboxylic acids is 2. The molecule has 2 aromatic rings. The lowest BCUT2D eigenvalue weighted by Gasteiger charge is -2.07. The first-order valence-corrected chi connectivity index (χ1v) is 7.76. The van der Waals surface area contributed by atoms with E-state index in [0.717, 1.165) is 10.8 Å². The highest BCUT2D eigenvalue weighted by atomic mass is 32.2. The molecule has 0 amide bonds. The van der Waals surface area contributed by atoms with Crippen LogP contribution in [0.1, 0.15) is 0 Å². The van der Waals surface area contributed by atoms with Crippen LogP contribution < -0.4 is 0 Å². The van der Waals surface area contributed by atoms with Crippen molar-refractivity contribution in [1.29, 1.82) is 0 Å². The van der Waals surface area contributed by atoms with E-state index in [0.29, 0.717) is 0 Å². The first-order chi connectivity index (χ1) is 11.0. The summed E-state index contributed by atoms with van der Waals surface area (Å²) in [5.74, 6) is -3.54. The van der Waals surface area contributed by atoms with Gasteiger partial charge in [-0.05, 0) is 22.9 Å². The molecule has 2 aromatic carbocycles. The largest absolute Gasteiger partial charge is 0.479 e. The molecule has 5 N–H and O–H groups in total. The second-order valence-electron chi connectivity index (χ2n) is 4.55. The zero-order valence-corrected chi connectivity index (χ0v) is 12.8. The summed E-state index contributed by atoms with van der Waals surface area (Å²) in [6.07, 6.45) is -4.53. The molecule has 0 bridgehead atoms. The molecule has 0 aromatic heterocycles. The quantitative estimate of drug-likeness (QED) is 0.471. The van der Waals surface area contributed by atoms with Crippen LogP contribution >= 0.6 is 0 Å². The Hall–Kier alpha value is -2.53. The smallest absolute Gasteiger partial charge is 0.335 e. The van der Waals surface area contributed by atoms with E-state index >= 15 is 0 Å². The summed E-state index contributed by atoms with van der Waals surface area (Å²) in [5, 5.41) is 34.3. The number of hydrogen-bond donors (Lipinski definition) is 5. The van der Waals surface area contributed by atoms with Crippen molar-refractivity contribution in [2.75, 3.05) is 0 Å². The van der Waals surface area contributed by atoms with Crippen molar-refractivity contribution in [3.63, 3.8) is 0 Å². The highest BCUT2D eigenvalue weighted by molar-refractivity contribution is 7.85.